The summed E-state index contributed by atoms with van der Waals surface area (Å²) in [5.74, 6) is -1.65. The molecule has 0 spiro atoms. The molecule has 0 aliphatic carbocycles. The molecule has 1 aliphatic rings. The number of nitrogens with zero attached hydrogens (tertiary/aromatic N) is 3. The molecular weight excluding hydrogens is 197 g/mol. The number of halogens is 1. The smallest absolute Gasteiger partial charge is 0.282 e. The van der Waals surface area contributed by atoms with Gasteiger partial charge in [-0.25, -0.2) is 4.39 Å². The Balaban J connectivity index is 2.73. The summed E-state index contributed by atoms with van der Waals surface area (Å²) in [7, 11) is 1.91. The molecular formula is C10H14FN3O. The molecule has 1 rings (SSSR count). The maximum absolute atomic E-state index is 12.7. The fourth-order valence-electron chi connectivity index (χ4n) is 1.71. The molecule has 0 bridgehead atoms. The molecule has 1 heterocycles. The fourth-order valence-corrected chi connectivity index (χ4v) is 1.71. The minimum Gasteiger partial charge on any atom is -0.330 e. The van der Waals surface area contributed by atoms with E-state index in [0.29, 0.717) is 19.6 Å². The van der Waals surface area contributed by atoms with Crippen LogP contribution in [0.2, 0.25) is 0 Å². The van der Waals surface area contributed by atoms with Gasteiger partial charge in [-0.05, 0) is 7.05 Å². The highest BCUT2D eigenvalue weighted by atomic mass is 19.1. The predicted molar refractivity (Wildman–Crippen MR) is 53.5 cm³/mol. The van der Waals surface area contributed by atoms with Gasteiger partial charge in [-0.3, -0.25) is 4.79 Å². The Morgan fingerprint density at radius 3 is 2.87 bits per heavy atom. The first-order chi connectivity index (χ1) is 7.06. The Morgan fingerprint density at radius 2 is 2.33 bits per heavy atom. The van der Waals surface area contributed by atoms with E-state index in [4.69, 9.17) is 5.26 Å². The standard InChI is InChI=1S/C10H14FN3O/c1-8(11)10(15)14-6-5-13(2)7-9(14)3-4-12/h9H,1,3,5-7H2,2H3. The van der Waals surface area contributed by atoms with E-state index in [9.17, 15) is 9.18 Å². The van der Waals surface area contributed by atoms with Gasteiger partial charge in [0, 0.05) is 19.6 Å². The number of nitriles is 1. The summed E-state index contributed by atoms with van der Waals surface area (Å²) < 4.78 is 12.7. The maximum atomic E-state index is 12.7. The number of piperazine rings is 1. The van der Waals surface area contributed by atoms with Gasteiger partial charge in [-0.1, -0.05) is 6.58 Å². The molecule has 1 saturated heterocycles. The molecule has 1 amide bonds. The Bertz CT molecular complexity index is 310. The molecule has 0 saturated carbocycles. The van der Waals surface area contributed by atoms with Crippen LogP contribution in [0.15, 0.2) is 12.4 Å². The van der Waals surface area contributed by atoms with Crippen molar-refractivity contribution in [3.05, 3.63) is 12.4 Å². The van der Waals surface area contributed by atoms with Crippen molar-refractivity contribution in [1.82, 2.24) is 9.80 Å². The third-order valence-corrected chi connectivity index (χ3v) is 2.51. The Hall–Kier alpha value is -1.41. The summed E-state index contributed by atoms with van der Waals surface area (Å²) >= 11 is 0. The lowest BCUT2D eigenvalue weighted by molar-refractivity contribution is -0.133. The second kappa shape index (κ2) is 4.89. The zero-order valence-corrected chi connectivity index (χ0v) is 8.74. The van der Waals surface area contributed by atoms with Crippen LogP contribution in [0.25, 0.3) is 0 Å². The second-order valence-corrected chi connectivity index (χ2v) is 3.68. The molecule has 82 valence electrons. The Labute approximate surface area is 88.6 Å². The minimum absolute atomic E-state index is 0.226. The maximum Gasteiger partial charge on any atom is 0.282 e. The SMILES string of the molecule is C=C(F)C(=O)N1CCN(C)CC1CC#N. The van der Waals surface area contributed by atoms with Gasteiger partial charge in [0.2, 0.25) is 0 Å². The van der Waals surface area contributed by atoms with Crippen molar-refractivity contribution in [2.24, 2.45) is 0 Å². The summed E-state index contributed by atoms with van der Waals surface area (Å²) in [6.45, 7) is 4.74. The molecule has 15 heavy (non-hydrogen) atoms. The van der Waals surface area contributed by atoms with Gasteiger partial charge >= 0.3 is 0 Å². The molecule has 0 aromatic heterocycles. The zero-order chi connectivity index (χ0) is 11.4. The number of likely N-dealkylation sites (N-methyl/N-ethyl adjacent to an activating group) is 1. The normalized spacial score (nSPS) is 22.2. The predicted octanol–water partition coefficient (Wildman–Crippen LogP) is 0.526. The van der Waals surface area contributed by atoms with E-state index in [1.165, 1.54) is 4.90 Å². The van der Waals surface area contributed by atoms with Crippen molar-refractivity contribution in [2.45, 2.75) is 12.5 Å². The van der Waals surface area contributed by atoms with Gasteiger partial charge in [0.05, 0.1) is 18.5 Å². The van der Waals surface area contributed by atoms with E-state index < -0.39 is 11.7 Å². The highest BCUT2D eigenvalue weighted by molar-refractivity contribution is 5.90. The molecule has 0 N–H and O–H groups in total. The summed E-state index contributed by atoms with van der Waals surface area (Å²) in [5.41, 5.74) is 0. The van der Waals surface area contributed by atoms with E-state index >= 15 is 0 Å². The summed E-state index contributed by atoms with van der Waals surface area (Å²) in [6, 6.07) is 1.78. The molecule has 1 aliphatic heterocycles. The Kier molecular flexibility index (Phi) is 3.81. The first kappa shape index (κ1) is 11.7. The van der Waals surface area contributed by atoms with Crippen LogP contribution in [0.4, 0.5) is 4.39 Å². The lowest BCUT2D eigenvalue weighted by Crippen LogP contribution is -2.54. The molecule has 0 aromatic rings. The van der Waals surface area contributed by atoms with Crippen LogP contribution in [-0.2, 0) is 4.79 Å². The number of carbonyl (C=O) groups is 1. The second-order valence-electron chi connectivity index (χ2n) is 3.68. The van der Waals surface area contributed by atoms with Crippen LogP contribution in [0, 0.1) is 11.3 Å². The highest BCUT2D eigenvalue weighted by Crippen LogP contribution is 2.14. The van der Waals surface area contributed by atoms with Crippen LogP contribution in [0.5, 0.6) is 0 Å². The molecule has 5 heteroatoms. The van der Waals surface area contributed by atoms with E-state index in [1.54, 1.807) is 0 Å². The van der Waals surface area contributed by atoms with Crippen molar-refractivity contribution in [3.63, 3.8) is 0 Å². The third-order valence-electron chi connectivity index (χ3n) is 2.51. The topological polar surface area (TPSA) is 47.3 Å². The Morgan fingerprint density at radius 1 is 1.67 bits per heavy atom. The van der Waals surface area contributed by atoms with Crippen LogP contribution in [-0.4, -0.2) is 48.4 Å². The van der Waals surface area contributed by atoms with Crippen molar-refractivity contribution >= 4 is 5.91 Å². The van der Waals surface area contributed by atoms with Gasteiger partial charge < -0.3 is 9.80 Å². The molecule has 0 aromatic carbocycles. The third kappa shape index (κ3) is 2.77. The number of hydrogen-bond acceptors (Lipinski definition) is 3. The molecule has 1 fully saturated rings. The number of rotatable bonds is 2. The van der Waals surface area contributed by atoms with Gasteiger partial charge in [0.1, 0.15) is 0 Å². The molecule has 1 unspecified atom stereocenters. The van der Waals surface area contributed by atoms with Gasteiger partial charge in [0.15, 0.2) is 5.83 Å². The van der Waals surface area contributed by atoms with Gasteiger partial charge in [-0.2, -0.15) is 5.26 Å². The summed E-state index contributed by atoms with van der Waals surface area (Å²) in [4.78, 5) is 14.8. The summed E-state index contributed by atoms with van der Waals surface area (Å²) in [6.07, 6.45) is 0.226. The van der Waals surface area contributed by atoms with E-state index in [1.807, 2.05) is 18.0 Å². The van der Waals surface area contributed by atoms with Crippen molar-refractivity contribution in [1.29, 1.82) is 5.26 Å². The lowest BCUT2D eigenvalue weighted by Gasteiger charge is -2.38. The van der Waals surface area contributed by atoms with Crippen LogP contribution >= 0.6 is 0 Å². The van der Waals surface area contributed by atoms with Gasteiger partial charge in [0.25, 0.3) is 5.91 Å². The lowest BCUT2D eigenvalue weighted by atomic mass is 10.1. The minimum atomic E-state index is -0.956. The van der Waals surface area contributed by atoms with Crippen LogP contribution in [0.1, 0.15) is 6.42 Å². The fraction of sp³-hybridized carbons (Fsp3) is 0.600. The van der Waals surface area contributed by atoms with Crippen molar-refractivity contribution < 1.29 is 9.18 Å². The molecule has 4 nitrogen and oxygen atoms in total. The van der Waals surface area contributed by atoms with Crippen molar-refractivity contribution in [3.8, 4) is 6.07 Å². The van der Waals surface area contributed by atoms with Crippen LogP contribution in [0.3, 0.4) is 0 Å². The van der Waals surface area contributed by atoms with Crippen molar-refractivity contribution in [2.75, 3.05) is 26.7 Å². The number of amides is 1. The summed E-state index contributed by atoms with van der Waals surface area (Å²) in [5, 5.41) is 8.62. The van der Waals surface area contributed by atoms with Gasteiger partial charge in [-0.15, -0.1) is 0 Å². The largest absolute Gasteiger partial charge is 0.330 e. The number of carbonyl (C=O) groups excluding carboxylic acids is 1. The number of hydrogen-bond donors (Lipinski definition) is 0. The first-order valence-electron chi connectivity index (χ1n) is 4.77. The average molecular weight is 211 g/mol. The molecule has 1 atom stereocenters. The van der Waals surface area contributed by atoms with E-state index in [2.05, 4.69) is 6.58 Å². The first-order valence-corrected chi connectivity index (χ1v) is 4.77. The molecule has 0 radical (unpaired) electrons. The monoisotopic (exact) mass is 211 g/mol. The van der Waals surface area contributed by atoms with Crippen LogP contribution < -0.4 is 0 Å². The highest BCUT2D eigenvalue weighted by Gasteiger charge is 2.29. The van der Waals surface area contributed by atoms with E-state index in [-0.39, 0.29) is 12.5 Å². The zero-order valence-electron chi connectivity index (χ0n) is 8.74. The quantitative estimate of drug-likeness (QED) is 0.626. The van der Waals surface area contributed by atoms with E-state index in [0.717, 1.165) is 0 Å². The average Bonchev–Trinajstić information content (AvgIpc) is 2.17.